The molecule has 0 N–H and O–H groups in total. The van der Waals surface area contributed by atoms with Gasteiger partial charge in [-0.15, -0.1) is 0 Å². The second-order valence-electron chi connectivity index (χ2n) is 5.47. The lowest BCUT2D eigenvalue weighted by molar-refractivity contribution is -0.0443. The van der Waals surface area contributed by atoms with Crippen LogP contribution in [0.5, 0.6) is 0 Å². The molecule has 1 aromatic carbocycles. The van der Waals surface area contributed by atoms with Gasteiger partial charge in [-0.05, 0) is 42.6 Å². The van der Waals surface area contributed by atoms with Gasteiger partial charge in [0.25, 0.3) is 0 Å². The largest absolute Gasteiger partial charge is 0.376 e. The van der Waals surface area contributed by atoms with Crippen molar-refractivity contribution in [2.24, 2.45) is 11.3 Å². The van der Waals surface area contributed by atoms with Crippen molar-refractivity contribution in [2.75, 3.05) is 6.61 Å². The summed E-state index contributed by atoms with van der Waals surface area (Å²) in [5.41, 5.74) is 1.89. The van der Waals surface area contributed by atoms with Crippen molar-refractivity contribution >= 4 is 0 Å². The van der Waals surface area contributed by atoms with E-state index in [1.807, 2.05) is 0 Å². The van der Waals surface area contributed by atoms with Crippen molar-refractivity contribution in [2.45, 2.75) is 38.7 Å². The van der Waals surface area contributed by atoms with Crippen molar-refractivity contribution in [1.82, 2.24) is 0 Å². The fourth-order valence-corrected chi connectivity index (χ4v) is 3.45. The SMILES string of the molecule is c1ccc(COC[C@@]23CCC[C@H]2CC3)cc1. The van der Waals surface area contributed by atoms with E-state index in [9.17, 15) is 0 Å². The van der Waals surface area contributed by atoms with Crippen LogP contribution in [0.3, 0.4) is 0 Å². The number of fused-ring (bicyclic) bond motifs is 1. The predicted octanol–water partition coefficient (Wildman–Crippen LogP) is 3.78. The molecular weight excluding hydrogens is 196 g/mol. The van der Waals surface area contributed by atoms with Crippen LogP contribution >= 0.6 is 0 Å². The summed E-state index contributed by atoms with van der Waals surface area (Å²) in [6.45, 7) is 1.78. The van der Waals surface area contributed by atoms with Crippen LogP contribution in [-0.4, -0.2) is 6.61 Å². The van der Waals surface area contributed by atoms with E-state index in [0.717, 1.165) is 19.1 Å². The third-order valence-electron chi connectivity index (χ3n) is 4.59. The molecule has 2 atom stereocenters. The number of rotatable bonds is 4. The number of hydrogen-bond donors (Lipinski definition) is 0. The smallest absolute Gasteiger partial charge is 0.0717 e. The second kappa shape index (κ2) is 4.21. The van der Waals surface area contributed by atoms with Crippen LogP contribution in [0.4, 0.5) is 0 Å². The van der Waals surface area contributed by atoms with Crippen LogP contribution in [0.25, 0.3) is 0 Å². The zero-order valence-electron chi connectivity index (χ0n) is 9.82. The zero-order valence-corrected chi connectivity index (χ0v) is 9.82. The molecule has 0 saturated heterocycles. The first-order valence-corrected chi connectivity index (χ1v) is 6.51. The molecule has 1 aromatic rings. The molecule has 2 aliphatic carbocycles. The Labute approximate surface area is 97.8 Å². The third-order valence-corrected chi connectivity index (χ3v) is 4.59. The van der Waals surface area contributed by atoms with Crippen LogP contribution < -0.4 is 0 Å². The monoisotopic (exact) mass is 216 g/mol. The molecule has 2 fully saturated rings. The van der Waals surface area contributed by atoms with Gasteiger partial charge in [0.05, 0.1) is 13.2 Å². The summed E-state index contributed by atoms with van der Waals surface area (Å²) < 4.78 is 5.93. The first kappa shape index (κ1) is 10.3. The van der Waals surface area contributed by atoms with Gasteiger partial charge in [-0.1, -0.05) is 36.8 Å². The van der Waals surface area contributed by atoms with Crippen LogP contribution in [0.15, 0.2) is 30.3 Å². The fourth-order valence-electron chi connectivity index (χ4n) is 3.45. The topological polar surface area (TPSA) is 9.23 Å². The molecule has 2 aliphatic rings. The molecule has 0 spiro atoms. The lowest BCUT2D eigenvalue weighted by atomic mass is 9.62. The molecule has 0 bridgehead atoms. The lowest BCUT2D eigenvalue weighted by Gasteiger charge is -2.45. The standard InChI is InChI=1S/C15H20O/c1-2-5-13(6-3-1)11-16-12-15-9-4-7-14(15)8-10-15/h1-3,5-6,14H,4,7-12H2/t14-,15-/m0/s1. The Morgan fingerprint density at radius 3 is 2.69 bits per heavy atom. The molecule has 3 rings (SSSR count). The highest BCUT2D eigenvalue weighted by molar-refractivity contribution is 5.13. The van der Waals surface area contributed by atoms with Gasteiger partial charge in [-0.2, -0.15) is 0 Å². The van der Waals surface area contributed by atoms with Crippen LogP contribution in [-0.2, 0) is 11.3 Å². The average molecular weight is 216 g/mol. The molecule has 0 heterocycles. The Hall–Kier alpha value is -0.820. The number of hydrogen-bond acceptors (Lipinski definition) is 1. The Bertz CT molecular complexity index is 346. The van der Waals surface area contributed by atoms with Crippen LogP contribution in [0.1, 0.15) is 37.7 Å². The van der Waals surface area contributed by atoms with Gasteiger partial charge in [0.1, 0.15) is 0 Å². The minimum absolute atomic E-state index is 0.592. The number of ether oxygens (including phenoxy) is 1. The van der Waals surface area contributed by atoms with E-state index < -0.39 is 0 Å². The van der Waals surface area contributed by atoms with Gasteiger partial charge >= 0.3 is 0 Å². The molecule has 0 unspecified atom stereocenters. The summed E-state index contributed by atoms with van der Waals surface area (Å²) in [5.74, 6) is 0.989. The summed E-state index contributed by atoms with van der Waals surface area (Å²) in [6.07, 6.45) is 7.15. The summed E-state index contributed by atoms with van der Waals surface area (Å²) in [7, 11) is 0. The Kier molecular flexibility index (Phi) is 2.72. The Morgan fingerprint density at radius 2 is 2.00 bits per heavy atom. The van der Waals surface area contributed by atoms with E-state index in [0.29, 0.717) is 5.41 Å². The van der Waals surface area contributed by atoms with Gasteiger partial charge in [0.2, 0.25) is 0 Å². The van der Waals surface area contributed by atoms with Crippen molar-refractivity contribution in [3.63, 3.8) is 0 Å². The lowest BCUT2D eigenvalue weighted by Crippen LogP contribution is -2.39. The van der Waals surface area contributed by atoms with Crippen LogP contribution in [0, 0.1) is 11.3 Å². The maximum atomic E-state index is 5.93. The highest BCUT2D eigenvalue weighted by Gasteiger charge is 2.49. The maximum absolute atomic E-state index is 5.93. The second-order valence-corrected chi connectivity index (χ2v) is 5.47. The molecule has 16 heavy (non-hydrogen) atoms. The number of benzene rings is 1. The molecule has 86 valence electrons. The molecular formula is C15H20O. The fraction of sp³-hybridized carbons (Fsp3) is 0.600. The predicted molar refractivity (Wildman–Crippen MR) is 65.1 cm³/mol. The maximum Gasteiger partial charge on any atom is 0.0717 e. The van der Waals surface area contributed by atoms with Crippen molar-refractivity contribution < 1.29 is 4.74 Å². The molecule has 1 heteroatoms. The van der Waals surface area contributed by atoms with E-state index in [4.69, 9.17) is 4.74 Å². The van der Waals surface area contributed by atoms with Gasteiger partial charge in [-0.25, -0.2) is 0 Å². The van der Waals surface area contributed by atoms with E-state index in [-0.39, 0.29) is 0 Å². The summed E-state index contributed by atoms with van der Waals surface area (Å²) >= 11 is 0. The van der Waals surface area contributed by atoms with Gasteiger partial charge < -0.3 is 4.74 Å². The molecule has 2 saturated carbocycles. The first-order valence-electron chi connectivity index (χ1n) is 6.51. The highest BCUT2D eigenvalue weighted by atomic mass is 16.5. The normalized spacial score (nSPS) is 32.1. The highest BCUT2D eigenvalue weighted by Crippen LogP contribution is 2.57. The third kappa shape index (κ3) is 1.78. The molecule has 0 amide bonds. The first-order chi connectivity index (χ1) is 7.89. The van der Waals surface area contributed by atoms with Crippen LogP contribution in [0.2, 0.25) is 0 Å². The minimum Gasteiger partial charge on any atom is -0.376 e. The van der Waals surface area contributed by atoms with E-state index in [1.54, 1.807) is 0 Å². The van der Waals surface area contributed by atoms with E-state index >= 15 is 0 Å². The quantitative estimate of drug-likeness (QED) is 0.744. The molecule has 0 aromatic heterocycles. The summed E-state index contributed by atoms with van der Waals surface area (Å²) in [4.78, 5) is 0. The van der Waals surface area contributed by atoms with Gasteiger partial charge in [0, 0.05) is 0 Å². The average Bonchev–Trinajstić information content (AvgIpc) is 2.58. The summed E-state index contributed by atoms with van der Waals surface area (Å²) in [5, 5.41) is 0. The Morgan fingerprint density at radius 1 is 1.12 bits per heavy atom. The minimum atomic E-state index is 0.592. The molecule has 0 aliphatic heterocycles. The van der Waals surface area contributed by atoms with Crippen molar-refractivity contribution in [3.05, 3.63) is 35.9 Å². The Balaban J connectivity index is 1.50. The van der Waals surface area contributed by atoms with E-state index in [2.05, 4.69) is 30.3 Å². The van der Waals surface area contributed by atoms with E-state index in [1.165, 1.54) is 37.7 Å². The van der Waals surface area contributed by atoms with Gasteiger partial charge in [-0.3, -0.25) is 0 Å². The van der Waals surface area contributed by atoms with Crippen molar-refractivity contribution in [1.29, 1.82) is 0 Å². The van der Waals surface area contributed by atoms with Gasteiger partial charge in [0.15, 0.2) is 0 Å². The van der Waals surface area contributed by atoms with Crippen molar-refractivity contribution in [3.8, 4) is 0 Å². The summed E-state index contributed by atoms with van der Waals surface area (Å²) in [6, 6.07) is 10.5. The molecule has 1 nitrogen and oxygen atoms in total. The molecule has 0 radical (unpaired) electrons. The zero-order chi connectivity index (χ0) is 10.8.